The second kappa shape index (κ2) is 10.8. The Morgan fingerprint density at radius 3 is 2.59 bits per heavy atom. The topological polar surface area (TPSA) is 51.9 Å². The Morgan fingerprint density at radius 2 is 1.77 bits per heavy atom. The van der Waals surface area contributed by atoms with E-state index in [2.05, 4.69) is 60.5 Å². The zero-order chi connectivity index (χ0) is 27.0. The molecule has 2 aromatic carbocycles. The average molecular weight is 545 g/mol. The van der Waals surface area contributed by atoms with E-state index < -0.39 is 0 Å². The van der Waals surface area contributed by atoms with Gasteiger partial charge in [-0.15, -0.1) is 0 Å². The van der Waals surface area contributed by atoms with Gasteiger partial charge in [0, 0.05) is 53.2 Å². The third kappa shape index (κ3) is 5.24. The van der Waals surface area contributed by atoms with Gasteiger partial charge in [0.25, 0.3) is 0 Å². The molecule has 5 heterocycles. The molecule has 6 nitrogen and oxygen atoms in total. The number of halogens is 1. The minimum absolute atomic E-state index is 0.0905. The Hall–Kier alpha value is -3.09. The fourth-order valence-electron chi connectivity index (χ4n) is 5.93. The Kier molecular flexibility index (Phi) is 7.25. The first kappa shape index (κ1) is 26.1. The van der Waals surface area contributed by atoms with E-state index in [1.165, 1.54) is 11.4 Å². The maximum absolute atomic E-state index is 6.46. The predicted molar refractivity (Wildman–Crippen MR) is 158 cm³/mol. The Bertz CT molecular complexity index is 1490. The van der Waals surface area contributed by atoms with Crippen LogP contribution in [0.15, 0.2) is 48.5 Å². The number of hydrogen-bond donors (Lipinski definition) is 0. The van der Waals surface area contributed by atoms with E-state index in [-0.39, 0.29) is 5.60 Å². The van der Waals surface area contributed by atoms with Gasteiger partial charge in [-0.25, -0.2) is 4.98 Å². The number of nitrogens with zero attached hydrogens (tertiary/aromatic N) is 4. The van der Waals surface area contributed by atoms with Crippen LogP contribution in [0.2, 0.25) is 5.02 Å². The van der Waals surface area contributed by atoms with Crippen molar-refractivity contribution in [1.82, 2.24) is 14.6 Å². The number of aromatic nitrogens is 3. The third-order valence-corrected chi connectivity index (χ3v) is 8.50. The fourth-order valence-corrected chi connectivity index (χ4v) is 6.10. The standard InChI is InChI=1S/C32H37ClN4O2/c1-4-26-22(2)34-30-21-28-24-10-8-9-23(19-24)27-12-11-25(33)20-29(27)38-17-6-5-7-18-39-32(3)13-15-36(16-14-32)31(26)37(30)35-28/h8-12,19-21H,4-7,13-18H2,1-3H3. The summed E-state index contributed by atoms with van der Waals surface area (Å²) in [7, 11) is 0. The molecule has 7 heteroatoms. The van der Waals surface area contributed by atoms with Gasteiger partial charge in [0.05, 0.1) is 17.9 Å². The van der Waals surface area contributed by atoms with Crippen molar-refractivity contribution in [2.24, 2.45) is 0 Å². The van der Waals surface area contributed by atoms with Gasteiger partial charge in [0.15, 0.2) is 5.65 Å². The number of rotatable bonds is 1. The molecular formula is C32H37ClN4O2. The molecule has 0 amide bonds. The Balaban J connectivity index is 1.47. The molecule has 0 saturated carbocycles. The maximum Gasteiger partial charge on any atom is 0.158 e. The van der Waals surface area contributed by atoms with Gasteiger partial charge in [-0.05, 0) is 82.2 Å². The van der Waals surface area contributed by atoms with Crippen molar-refractivity contribution in [3.8, 4) is 28.1 Å². The average Bonchev–Trinajstić information content (AvgIpc) is 3.36. The van der Waals surface area contributed by atoms with E-state index >= 15 is 0 Å². The van der Waals surface area contributed by atoms with E-state index in [9.17, 15) is 0 Å². The molecule has 0 unspecified atom stereocenters. The minimum Gasteiger partial charge on any atom is -0.493 e. The summed E-state index contributed by atoms with van der Waals surface area (Å²) < 4.78 is 14.8. The van der Waals surface area contributed by atoms with Crippen LogP contribution in [0.3, 0.4) is 0 Å². The highest BCUT2D eigenvalue weighted by molar-refractivity contribution is 6.30. The number of fused-ring (bicyclic) bond motifs is 8. The van der Waals surface area contributed by atoms with E-state index in [0.29, 0.717) is 11.6 Å². The van der Waals surface area contributed by atoms with Crippen LogP contribution in [0.25, 0.3) is 28.0 Å². The first-order chi connectivity index (χ1) is 18.9. The first-order valence-electron chi connectivity index (χ1n) is 14.3. The highest BCUT2D eigenvalue weighted by atomic mass is 35.5. The molecule has 0 atom stereocenters. The van der Waals surface area contributed by atoms with E-state index in [1.54, 1.807) is 0 Å². The molecule has 0 N–H and O–H groups in total. The van der Waals surface area contributed by atoms with Crippen molar-refractivity contribution in [3.05, 3.63) is 64.8 Å². The van der Waals surface area contributed by atoms with Gasteiger partial charge in [-0.2, -0.15) is 9.61 Å². The summed E-state index contributed by atoms with van der Waals surface area (Å²) in [6, 6.07) is 16.5. The van der Waals surface area contributed by atoms with E-state index in [4.69, 9.17) is 31.2 Å². The SMILES string of the molecule is CCc1c(C)nc2cc3nn2c1N1CCC(C)(CC1)OCCCCCOc1cc(Cl)ccc1-c1cccc-3c1. The number of anilines is 1. The van der Waals surface area contributed by atoms with Crippen LogP contribution in [-0.4, -0.2) is 46.5 Å². The molecule has 1 fully saturated rings. The Labute approximate surface area is 235 Å². The quantitative estimate of drug-likeness (QED) is 0.248. The van der Waals surface area contributed by atoms with Crippen molar-refractivity contribution >= 4 is 23.1 Å². The lowest BCUT2D eigenvalue weighted by atomic mass is 9.93. The number of aryl methyl sites for hydroxylation is 1. The van der Waals surface area contributed by atoms with Crippen molar-refractivity contribution in [2.75, 3.05) is 31.2 Å². The molecule has 204 valence electrons. The first-order valence-corrected chi connectivity index (χ1v) is 14.6. The van der Waals surface area contributed by atoms with Gasteiger partial charge in [-0.3, -0.25) is 0 Å². The molecule has 2 aromatic heterocycles. The van der Waals surface area contributed by atoms with Crippen LogP contribution in [0.4, 0.5) is 5.82 Å². The van der Waals surface area contributed by atoms with Crippen LogP contribution >= 0.6 is 11.6 Å². The maximum atomic E-state index is 6.46. The number of hydrogen-bond acceptors (Lipinski definition) is 5. The molecule has 7 rings (SSSR count). The molecule has 3 aliphatic rings. The lowest BCUT2D eigenvalue weighted by molar-refractivity contribution is -0.0494. The van der Waals surface area contributed by atoms with Gasteiger partial charge < -0.3 is 14.4 Å². The van der Waals surface area contributed by atoms with Crippen LogP contribution in [0, 0.1) is 6.92 Å². The Morgan fingerprint density at radius 1 is 0.974 bits per heavy atom. The van der Waals surface area contributed by atoms with Gasteiger partial charge in [-0.1, -0.05) is 36.7 Å². The van der Waals surface area contributed by atoms with Crippen LogP contribution in [0.1, 0.15) is 57.2 Å². The molecule has 0 radical (unpaired) electrons. The molecule has 0 spiro atoms. The van der Waals surface area contributed by atoms with Crippen molar-refractivity contribution in [2.45, 2.75) is 64.9 Å². The van der Waals surface area contributed by atoms with Crippen molar-refractivity contribution in [3.63, 3.8) is 0 Å². The zero-order valence-corrected chi connectivity index (χ0v) is 23.9. The third-order valence-electron chi connectivity index (χ3n) is 8.26. The van der Waals surface area contributed by atoms with Gasteiger partial charge in [0.1, 0.15) is 11.6 Å². The highest BCUT2D eigenvalue weighted by Gasteiger charge is 2.33. The molecule has 0 aliphatic carbocycles. The lowest BCUT2D eigenvalue weighted by Gasteiger charge is -2.41. The van der Waals surface area contributed by atoms with Crippen LogP contribution in [-0.2, 0) is 11.2 Å². The second-order valence-electron chi connectivity index (χ2n) is 11.1. The molecule has 4 aromatic rings. The van der Waals surface area contributed by atoms with Crippen LogP contribution < -0.4 is 9.64 Å². The van der Waals surface area contributed by atoms with Gasteiger partial charge >= 0.3 is 0 Å². The highest BCUT2D eigenvalue weighted by Crippen LogP contribution is 2.37. The zero-order valence-electron chi connectivity index (χ0n) is 23.2. The monoisotopic (exact) mass is 544 g/mol. The molecule has 39 heavy (non-hydrogen) atoms. The van der Waals surface area contributed by atoms with E-state index in [0.717, 1.165) is 97.7 Å². The fraction of sp³-hybridized carbons (Fsp3) is 0.438. The summed E-state index contributed by atoms with van der Waals surface area (Å²) in [4.78, 5) is 7.46. The smallest absolute Gasteiger partial charge is 0.158 e. The molecule has 1 saturated heterocycles. The molecule has 3 aliphatic heterocycles. The minimum atomic E-state index is -0.0905. The van der Waals surface area contributed by atoms with Gasteiger partial charge in [0.2, 0.25) is 0 Å². The predicted octanol–water partition coefficient (Wildman–Crippen LogP) is 7.53. The summed E-state index contributed by atoms with van der Waals surface area (Å²) in [6.45, 7) is 9.93. The number of piperidine rings is 1. The molecule has 6 bridgehead atoms. The largest absolute Gasteiger partial charge is 0.493 e. The lowest BCUT2D eigenvalue weighted by Crippen LogP contribution is -2.45. The summed E-state index contributed by atoms with van der Waals surface area (Å²) in [5, 5.41) is 5.81. The van der Waals surface area contributed by atoms with Crippen molar-refractivity contribution < 1.29 is 9.47 Å². The normalized spacial score (nSPS) is 17.7. The van der Waals surface area contributed by atoms with Crippen molar-refractivity contribution in [1.29, 1.82) is 0 Å². The second-order valence-corrected chi connectivity index (χ2v) is 11.5. The summed E-state index contributed by atoms with van der Waals surface area (Å²) in [6.07, 6.45) is 5.99. The molecular weight excluding hydrogens is 508 g/mol. The van der Waals surface area contributed by atoms with Crippen LogP contribution in [0.5, 0.6) is 5.75 Å². The summed E-state index contributed by atoms with van der Waals surface area (Å²) in [5.41, 5.74) is 7.20. The van der Waals surface area contributed by atoms with E-state index in [1.807, 2.05) is 18.2 Å². The summed E-state index contributed by atoms with van der Waals surface area (Å²) in [5.74, 6) is 1.98. The number of ether oxygens (including phenoxy) is 2. The summed E-state index contributed by atoms with van der Waals surface area (Å²) >= 11 is 6.37. The number of benzene rings is 2.